The summed E-state index contributed by atoms with van der Waals surface area (Å²) >= 11 is 0. The Bertz CT molecular complexity index is 2190. The Labute approximate surface area is 296 Å². The molecule has 50 heavy (non-hydrogen) atoms. The maximum Gasteiger partial charge on any atom is 0.137 e. The molecule has 254 valence electrons. The molecule has 0 saturated carbocycles. The molecule has 0 aliphatic rings. The number of fused-ring (bicyclic) bond motifs is 3. The SMILES string of the molecule is CCCCCCc1nn(-c2cccc(Oc3ccc4c5ccccc5n(-c5cc(C)ccn5)c4c3)c2)c(CCCCCC)c1-c1ccccc1. The molecule has 0 aliphatic carbocycles. The van der Waals surface area contributed by atoms with Gasteiger partial charge in [0.1, 0.15) is 17.3 Å². The number of aryl methyl sites for hydroxylation is 2. The highest BCUT2D eigenvalue weighted by Crippen LogP contribution is 2.36. The summed E-state index contributed by atoms with van der Waals surface area (Å²) < 4.78 is 11.1. The summed E-state index contributed by atoms with van der Waals surface area (Å²) in [7, 11) is 0. The van der Waals surface area contributed by atoms with Gasteiger partial charge in [0.15, 0.2) is 0 Å². The van der Waals surface area contributed by atoms with Crippen molar-refractivity contribution in [2.24, 2.45) is 0 Å². The number of aromatic nitrogens is 4. The van der Waals surface area contributed by atoms with Gasteiger partial charge in [0.05, 0.1) is 28.1 Å². The van der Waals surface area contributed by atoms with E-state index in [1.54, 1.807) is 0 Å². The van der Waals surface area contributed by atoms with E-state index < -0.39 is 0 Å². The molecule has 0 radical (unpaired) electrons. The fraction of sp³-hybridized carbons (Fsp3) is 0.289. The molecule has 5 heteroatoms. The average Bonchev–Trinajstić information content (AvgIpc) is 3.67. The van der Waals surface area contributed by atoms with Crippen LogP contribution < -0.4 is 4.74 Å². The smallest absolute Gasteiger partial charge is 0.137 e. The monoisotopic (exact) mass is 660 g/mol. The van der Waals surface area contributed by atoms with Crippen LogP contribution in [0.5, 0.6) is 11.5 Å². The molecule has 3 aromatic heterocycles. The van der Waals surface area contributed by atoms with Crippen LogP contribution in [0, 0.1) is 6.92 Å². The zero-order valence-corrected chi connectivity index (χ0v) is 29.7. The first-order valence-corrected chi connectivity index (χ1v) is 18.5. The van der Waals surface area contributed by atoms with Crippen LogP contribution >= 0.6 is 0 Å². The summed E-state index contributed by atoms with van der Waals surface area (Å²) in [6, 6.07) is 38.4. The summed E-state index contributed by atoms with van der Waals surface area (Å²) in [6.07, 6.45) is 13.6. The first kappa shape index (κ1) is 33.3. The van der Waals surface area contributed by atoms with Gasteiger partial charge < -0.3 is 4.74 Å². The van der Waals surface area contributed by atoms with E-state index in [4.69, 9.17) is 14.8 Å². The molecule has 0 saturated heterocycles. The number of ether oxygens (including phenoxy) is 1. The molecule has 0 spiro atoms. The van der Waals surface area contributed by atoms with Crippen LogP contribution in [0.1, 0.15) is 82.2 Å². The number of benzene rings is 4. The molecule has 7 aromatic rings. The zero-order chi connectivity index (χ0) is 34.3. The minimum atomic E-state index is 0.785. The summed E-state index contributed by atoms with van der Waals surface area (Å²) in [5.74, 6) is 2.48. The highest BCUT2D eigenvalue weighted by molar-refractivity contribution is 6.09. The normalized spacial score (nSPS) is 11.5. The molecular formula is C45H48N4O. The molecule has 3 heterocycles. The Kier molecular flexibility index (Phi) is 10.4. The molecular weight excluding hydrogens is 613 g/mol. The van der Waals surface area contributed by atoms with Crippen molar-refractivity contribution in [1.29, 1.82) is 0 Å². The molecule has 0 unspecified atom stereocenters. The Balaban J connectivity index is 1.27. The molecule has 0 atom stereocenters. The van der Waals surface area contributed by atoms with Crippen LogP contribution in [-0.4, -0.2) is 19.3 Å². The number of hydrogen-bond acceptors (Lipinski definition) is 3. The maximum atomic E-state index is 6.65. The first-order valence-electron chi connectivity index (χ1n) is 18.5. The third kappa shape index (κ3) is 7.09. The molecule has 5 nitrogen and oxygen atoms in total. The molecule has 0 fully saturated rings. The van der Waals surface area contributed by atoms with Gasteiger partial charge >= 0.3 is 0 Å². The zero-order valence-electron chi connectivity index (χ0n) is 29.7. The van der Waals surface area contributed by atoms with Gasteiger partial charge in [-0.3, -0.25) is 4.57 Å². The second kappa shape index (κ2) is 15.6. The molecule has 0 amide bonds. The topological polar surface area (TPSA) is 44.9 Å². The lowest BCUT2D eigenvalue weighted by Crippen LogP contribution is -2.04. The van der Waals surface area contributed by atoms with Gasteiger partial charge in [0.25, 0.3) is 0 Å². The van der Waals surface area contributed by atoms with E-state index in [1.165, 1.54) is 77.4 Å². The summed E-state index contributed by atoms with van der Waals surface area (Å²) in [5.41, 5.74) is 9.47. The van der Waals surface area contributed by atoms with Gasteiger partial charge in [0.2, 0.25) is 0 Å². The van der Waals surface area contributed by atoms with E-state index >= 15 is 0 Å². The Morgan fingerprint density at radius 1 is 0.620 bits per heavy atom. The van der Waals surface area contributed by atoms with E-state index in [2.05, 4.69) is 127 Å². The van der Waals surface area contributed by atoms with Crippen molar-refractivity contribution < 1.29 is 4.74 Å². The predicted molar refractivity (Wildman–Crippen MR) is 208 cm³/mol. The van der Waals surface area contributed by atoms with Crippen molar-refractivity contribution in [2.45, 2.75) is 85.0 Å². The van der Waals surface area contributed by atoms with E-state index in [0.29, 0.717) is 0 Å². The maximum absolute atomic E-state index is 6.65. The van der Waals surface area contributed by atoms with Crippen molar-refractivity contribution in [3.63, 3.8) is 0 Å². The number of rotatable bonds is 15. The van der Waals surface area contributed by atoms with Gasteiger partial charge in [-0.15, -0.1) is 0 Å². The van der Waals surface area contributed by atoms with Crippen molar-refractivity contribution >= 4 is 21.8 Å². The van der Waals surface area contributed by atoms with Crippen LogP contribution in [-0.2, 0) is 12.8 Å². The van der Waals surface area contributed by atoms with E-state index in [-0.39, 0.29) is 0 Å². The van der Waals surface area contributed by atoms with Gasteiger partial charge in [0, 0.05) is 34.7 Å². The number of hydrogen-bond donors (Lipinski definition) is 0. The molecule has 0 N–H and O–H groups in total. The molecule has 4 aromatic carbocycles. The van der Waals surface area contributed by atoms with Crippen molar-refractivity contribution in [1.82, 2.24) is 19.3 Å². The van der Waals surface area contributed by atoms with Gasteiger partial charge in [-0.25, -0.2) is 9.67 Å². The molecule has 0 aliphatic heterocycles. The van der Waals surface area contributed by atoms with Crippen molar-refractivity contribution in [2.75, 3.05) is 0 Å². The van der Waals surface area contributed by atoms with Crippen LogP contribution in [0.25, 0.3) is 44.4 Å². The Morgan fingerprint density at radius 2 is 1.36 bits per heavy atom. The van der Waals surface area contributed by atoms with E-state index in [0.717, 1.165) is 59.7 Å². The summed E-state index contributed by atoms with van der Waals surface area (Å²) in [4.78, 5) is 4.75. The van der Waals surface area contributed by atoms with E-state index in [1.807, 2.05) is 18.3 Å². The van der Waals surface area contributed by atoms with E-state index in [9.17, 15) is 0 Å². The van der Waals surface area contributed by atoms with Gasteiger partial charge in [-0.1, -0.05) is 107 Å². The van der Waals surface area contributed by atoms with Gasteiger partial charge in [-0.2, -0.15) is 5.10 Å². The lowest BCUT2D eigenvalue weighted by molar-refractivity contribution is 0.482. The second-order valence-electron chi connectivity index (χ2n) is 13.5. The minimum absolute atomic E-state index is 0.785. The minimum Gasteiger partial charge on any atom is -0.457 e. The predicted octanol–water partition coefficient (Wildman–Crippen LogP) is 12.4. The van der Waals surface area contributed by atoms with Crippen LogP contribution in [0.2, 0.25) is 0 Å². The largest absolute Gasteiger partial charge is 0.457 e. The highest BCUT2D eigenvalue weighted by atomic mass is 16.5. The van der Waals surface area contributed by atoms with Crippen molar-refractivity contribution in [3.8, 4) is 34.1 Å². The first-order chi connectivity index (χ1) is 24.6. The fourth-order valence-electron chi connectivity index (χ4n) is 7.22. The lowest BCUT2D eigenvalue weighted by atomic mass is 9.97. The standard InChI is InChI=1S/C45H48N4O/c1-4-6-8-13-23-40-45(34-18-11-10-12-19-34)42(25-14-9-7-5-2)49(47-40)35-20-17-21-36(31-35)50-37-26-27-39-38-22-15-16-24-41(38)48(43(39)32-37)44-30-33(3)28-29-46-44/h10-12,15-22,24,26-32H,4-9,13-14,23,25H2,1-3H3. The van der Waals surface area contributed by atoms with Crippen molar-refractivity contribution in [3.05, 3.63) is 132 Å². The third-order valence-corrected chi connectivity index (χ3v) is 9.72. The molecule has 7 rings (SSSR count). The van der Waals surface area contributed by atoms with Crippen LogP contribution in [0.3, 0.4) is 0 Å². The fourth-order valence-corrected chi connectivity index (χ4v) is 7.22. The lowest BCUT2D eigenvalue weighted by Gasteiger charge is -2.13. The average molecular weight is 661 g/mol. The Morgan fingerprint density at radius 3 is 2.16 bits per heavy atom. The Hall–Kier alpha value is -5.16. The highest BCUT2D eigenvalue weighted by Gasteiger charge is 2.21. The molecule has 0 bridgehead atoms. The van der Waals surface area contributed by atoms with Crippen LogP contribution in [0.4, 0.5) is 0 Å². The summed E-state index contributed by atoms with van der Waals surface area (Å²) in [6.45, 7) is 6.65. The van der Waals surface area contributed by atoms with Crippen LogP contribution in [0.15, 0.2) is 115 Å². The third-order valence-electron chi connectivity index (χ3n) is 9.72. The summed E-state index contributed by atoms with van der Waals surface area (Å²) in [5, 5.41) is 7.74. The number of nitrogens with zero attached hydrogens (tertiary/aromatic N) is 4. The van der Waals surface area contributed by atoms with Gasteiger partial charge in [-0.05, 0) is 86.2 Å². The number of para-hydroxylation sites is 1. The number of unbranched alkanes of at least 4 members (excludes halogenated alkanes) is 6. The second-order valence-corrected chi connectivity index (χ2v) is 13.5. The number of pyridine rings is 1. The quantitative estimate of drug-likeness (QED) is 0.103.